The second kappa shape index (κ2) is 12.6. The minimum Gasteiger partial charge on any atom is -0.493 e. The van der Waals surface area contributed by atoms with Gasteiger partial charge < -0.3 is 24.3 Å². The van der Waals surface area contributed by atoms with Crippen LogP contribution in [0.4, 0.5) is 5.69 Å². The summed E-state index contributed by atoms with van der Waals surface area (Å²) in [6.07, 6.45) is 0.500. The Morgan fingerprint density at radius 1 is 0.853 bits per heavy atom. The molecule has 0 saturated heterocycles. The summed E-state index contributed by atoms with van der Waals surface area (Å²) >= 11 is 1.54. The predicted molar refractivity (Wildman–Crippen MR) is 131 cm³/mol. The van der Waals surface area contributed by atoms with Gasteiger partial charge in [-0.15, -0.1) is 0 Å². The number of para-hydroxylation sites is 1. The first-order valence-electron chi connectivity index (χ1n) is 10.6. The highest BCUT2D eigenvalue weighted by molar-refractivity contribution is 7.99. The summed E-state index contributed by atoms with van der Waals surface area (Å²) in [5, 5.41) is 2.82. The Labute approximate surface area is 203 Å². The van der Waals surface area contributed by atoms with E-state index in [9.17, 15) is 9.59 Å². The van der Waals surface area contributed by atoms with Crippen molar-refractivity contribution in [1.82, 2.24) is 0 Å². The van der Waals surface area contributed by atoms with Crippen LogP contribution >= 0.6 is 11.8 Å². The van der Waals surface area contributed by atoms with E-state index in [4.69, 9.17) is 18.9 Å². The molecule has 0 fully saturated rings. The van der Waals surface area contributed by atoms with Crippen molar-refractivity contribution in [2.24, 2.45) is 0 Å². The van der Waals surface area contributed by atoms with Crippen LogP contribution in [0.25, 0.3) is 0 Å². The van der Waals surface area contributed by atoms with E-state index in [-0.39, 0.29) is 13.0 Å². The summed E-state index contributed by atoms with van der Waals surface area (Å²) in [4.78, 5) is 26.6. The van der Waals surface area contributed by atoms with Crippen LogP contribution in [0.5, 0.6) is 17.2 Å². The number of carbonyl (C=O) groups excluding carboxylic acids is 2. The third-order valence-corrected chi connectivity index (χ3v) is 5.92. The number of benzene rings is 3. The molecule has 0 atom stereocenters. The van der Waals surface area contributed by atoms with Crippen LogP contribution in [0.1, 0.15) is 12.0 Å². The third-order valence-electron chi connectivity index (χ3n) is 4.84. The molecule has 0 aliphatic heterocycles. The van der Waals surface area contributed by atoms with E-state index in [2.05, 4.69) is 5.32 Å². The van der Waals surface area contributed by atoms with Gasteiger partial charge in [-0.1, -0.05) is 42.1 Å². The van der Waals surface area contributed by atoms with E-state index in [1.165, 1.54) is 21.3 Å². The molecular weight excluding hydrogens is 454 g/mol. The molecule has 3 aromatic rings. The minimum atomic E-state index is -0.476. The normalized spacial score (nSPS) is 10.3. The number of amides is 1. The summed E-state index contributed by atoms with van der Waals surface area (Å²) in [6.45, 7) is -0.363. The molecule has 3 rings (SSSR count). The average Bonchev–Trinajstić information content (AvgIpc) is 2.87. The molecular formula is C26H27NO6S. The molecule has 0 radical (unpaired) electrons. The summed E-state index contributed by atoms with van der Waals surface area (Å²) < 4.78 is 21.1. The number of rotatable bonds is 11. The van der Waals surface area contributed by atoms with Gasteiger partial charge in [0.05, 0.1) is 27.0 Å². The molecule has 1 N–H and O–H groups in total. The van der Waals surface area contributed by atoms with Gasteiger partial charge in [-0.3, -0.25) is 9.59 Å². The van der Waals surface area contributed by atoms with Crippen LogP contribution in [0, 0.1) is 0 Å². The lowest BCUT2D eigenvalue weighted by Crippen LogP contribution is -2.21. The summed E-state index contributed by atoms with van der Waals surface area (Å²) in [5.74, 6) is 0.630. The van der Waals surface area contributed by atoms with Gasteiger partial charge in [-0.05, 0) is 48.4 Å². The summed E-state index contributed by atoms with van der Waals surface area (Å²) in [5.41, 5.74) is 1.48. The maximum atomic E-state index is 12.4. The van der Waals surface area contributed by atoms with E-state index in [0.717, 1.165) is 15.4 Å². The molecule has 8 heteroatoms. The quantitative estimate of drug-likeness (QED) is 0.387. The molecule has 178 valence electrons. The van der Waals surface area contributed by atoms with Crippen LogP contribution in [-0.2, 0) is 20.7 Å². The minimum absolute atomic E-state index is 0.104. The zero-order valence-electron chi connectivity index (χ0n) is 19.3. The fraction of sp³-hybridized carbons (Fsp3) is 0.231. The standard InChI is InChI=1S/C26H27NO6S/c1-30-21-15-18(16-22(31-2)26(21)32-3)13-14-25(29)33-17-24(28)27-20-11-7-8-12-23(20)34-19-9-5-4-6-10-19/h4-12,15-16H,13-14,17H2,1-3H3,(H,27,28). The Kier molecular flexibility index (Phi) is 9.22. The second-order valence-corrected chi connectivity index (χ2v) is 8.27. The number of anilines is 1. The maximum Gasteiger partial charge on any atom is 0.306 e. The first kappa shape index (κ1) is 25.0. The SMILES string of the molecule is COc1cc(CCC(=O)OCC(=O)Nc2ccccc2Sc2ccccc2)cc(OC)c1OC. The Morgan fingerprint density at radius 3 is 2.15 bits per heavy atom. The first-order chi connectivity index (χ1) is 16.5. The Bertz CT molecular complexity index is 1090. The van der Waals surface area contributed by atoms with Gasteiger partial charge in [0.25, 0.3) is 5.91 Å². The zero-order chi connectivity index (χ0) is 24.3. The largest absolute Gasteiger partial charge is 0.493 e. The molecule has 1 amide bonds. The fourth-order valence-corrected chi connectivity index (χ4v) is 4.13. The number of aryl methyl sites for hydroxylation is 1. The van der Waals surface area contributed by atoms with Crippen molar-refractivity contribution >= 4 is 29.3 Å². The molecule has 0 aromatic heterocycles. The third kappa shape index (κ3) is 6.92. The van der Waals surface area contributed by atoms with Gasteiger partial charge in [-0.25, -0.2) is 0 Å². The van der Waals surface area contributed by atoms with Crippen molar-refractivity contribution in [2.75, 3.05) is 33.3 Å². The fourth-order valence-electron chi connectivity index (χ4n) is 3.21. The van der Waals surface area contributed by atoms with Gasteiger partial charge in [0, 0.05) is 16.2 Å². The lowest BCUT2D eigenvalue weighted by molar-refractivity contribution is -0.147. The van der Waals surface area contributed by atoms with E-state index < -0.39 is 11.9 Å². The molecule has 0 spiro atoms. The van der Waals surface area contributed by atoms with Gasteiger partial charge in [0.15, 0.2) is 18.1 Å². The summed E-state index contributed by atoms with van der Waals surface area (Å²) in [6, 6.07) is 20.9. The molecule has 0 aliphatic carbocycles. The van der Waals surface area contributed by atoms with Gasteiger partial charge in [0.2, 0.25) is 5.75 Å². The molecule has 7 nitrogen and oxygen atoms in total. The number of hydrogen-bond acceptors (Lipinski definition) is 7. The molecule has 34 heavy (non-hydrogen) atoms. The van der Waals surface area contributed by atoms with E-state index in [0.29, 0.717) is 29.4 Å². The van der Waals surface area contributed by atoms with Crippen LogP contribution in [0.3, 0.4) is 0 Å². The number of nitrogens with one attached hydrogen (secondary N) is 1. The average molecular weight is 482 g/mol. The van der Waals surface area contributed by atoms with Crippen LogP contribution in [0.2, 0.25) is 0 Å². The second-order valence-electron chi connectivity index (χ2n) is 7.15. The number of esters is 1. The summed E-state index contributed by atoms with van der Waals surface area (Å²) in [7, 11) is 4.59. The molecule has 0 saturated carbocycles. The number of carbonyl (C=O) groups is 2. The van der Waals surface area contributed by atoms with Gasteiger partial charge >= 0.3 is 5.97 Å². The van der Waals surface area contributed by atoms with Crippen LogP contribution in [0.15, 0.2) is 76.5 Å². The van der Waals surface area contributed by atoms with E-state index in [1.54, 1.807) is 23.9 Å². The molecule has 0 unspecified atom stereocenters. The lowest BCUT2D eigenvalue weighted by atomic mass is 10.1. The van der Waals surface area contributed by atoms with Crippen LogP contribution < -0.4 is 19.5 Å². The number of methoxy groups -OCH3 is 3. The molecule has 0 bridgehead atoms. The van der Waals surface area contributed by atoms with Crippen molar-refractivity contribution in [3.63, 3.8) is 0 Å². The molecule has 3 aromatic carbocycles. The van der Waals surface area contributed by atoms with Crippen molar-refractivity contribution < 1.29 is 28.5 Å². The van der Waals surface area contributed by atoms with Crippen molar-refractivity contribution in [3.05, 3.63) is 72.3 Å². The molecule has 0 heterocycles. The van der Waals surface area contributed by atoms with Gasteiger partial charge in [0.1, 0.15) is 0 Å². The van der Waals surface area contributed by atoms with Gasteiger partial charge in [-0.2, -0.15) is 0 Å². The highest BCUT2D eigenvalue weighted by atomic mass is 32.2. The van der Waals surface area contributed by atoms with Crippen molar-refractivity contribution in [2.45, 2.75) is 22.6 Å². The van der Waals surface area contributed by atoms with Crippen molar-refractivity contribution in [1.29, 1.82) is 0 Å². The molecule has 0 aliphatic rings. The number of hydrogen-bond donors (Lipinski definition) is 1. The topological polar surface area (TPSA) is 83.1 Å². The first-order valence-corrected chi connectivity index (χ1v) is 11.4. The smallest absolute Gasteiger partial charge is 0.306 e. The van der Waals surface area contributed by atoms with Crippen LogP contribution in [-0.4, -0.2) is 39.8 Å². The highest BCUT2D eigenvalue weighted by Crippen LogP contribution is 2.38. The number of ether oxygens (including phenoxy) is 4. The lowest BCUT2D eigenvalue weighted by Gasteiger charge is -2.14. The zero-order valence-corrected chi connectivity index (χ0v) is 20.1. The van der Waals surface area contributed by atoms with E-state index in [1.807, 2.05) is 54.6 Å². The van der Waals surface area contributed by atoms with E-state index >= 15 is 0 Å². The maximum absolute atomic E-state index is 12.4. The Morgan fingerprint density at radius 2 is 1.50 bits per heavy atom. The van der Waals surface area contributed by atoms with Crippen molar-refractivity contribution in [3.8, 4) is 17.2 Å². The highest BCUT2D eigenvalue weighted by Gasteiger charge is 2.15. The Hall–Kier alpha value is -3.65. The Balaban J connectivity index is 1.52. The monoisotopic (exact) mass is 481 g/mol. The predicted octanol–water partition coefficient (Wildman–Crippen LogP) is 4.98.